The van der Waals surface area contributed by atoms with Crippen LogP contribution >= 0.6 is 0 Å². The van der Waals surface area contributed by atoms with Gasteiger partial charge in [0.05, 0.1) is 19.3 Å². The van der Waals surface area contributed by atoms with Crippen LogP contribution in [0.1, 0.15) is 20.8 Å². The number of morpholine rings is 1. The molecule has 17 heavy (non-hydrogen) atoms. The molecule has 0 spiro atoms. The van der Waals surface area contributed by atoms with Crippen LogP contribution in [0.15, 0.2) is 12.2 Å². The zero-order valence-corrected chi connectivity index (χ0v) is 11.2. The number of rotatable bonds is 3. The minimum Gasteiger partial charge on any atom is -0.382 e. The fourth-order valence-corrected chi connectivity index (χ4v) is 1.63. The second-order valence-electron chi connectivity index (χ2n) is 5.43. The van der Waals surface area contributed by atoms with E-state index in [-0.39, 0.29) is 17.4 Å². The average Bonchev–Trinajstić information content (AvgIpc) is 2.26. The van der Waals surface area contributed by atoms with E-state index >= 15 is 0 Å². The molecule has 1 saturated heterocycles. The number of ether oxygens (including phenoxy) is 2. The van der Waals surface area contributed by atoms with Gasteiger partial charge in [0.2, 0.25) is 5.91 Å². The number of hydrogen-bond donors (Lipinski definition) is 0. The lowest BCUT2D eigenvalue weighted by atomic mass is 9.96. The number of methoxy groups -OCH3 is 1. The van der Waals surface area contributed by atoms with Crippen LogP contribution < -0.4 is 0 Å². The molecule has 1 aliphatic rings. The minimum absolute atomic E-state index is 0.000682. The van der Waals surface area contributed by atoms with Gasteiger partial charge in [0.25, 0.3) is 0 Å². The molecule has 4 heteroatoms. The molecule has 1 unspecified atom stereocenters. The van der Waals surface area contributed by atoms with E-state index in [1.807, 2.05) is 11.0 Å². The van der Waals surface area contributed by atoms with Gasteiger partial charge < -0.3 is 14.4 Å². The molecule has 0 N–H and O–H groups in total. The molecule has 0 radical (unpaired) electrons. The Balaban J connectivity index is 2.49. The molecule has 0 saturated carbocycles. The Morgan fingerprint density at radius 1 is 1.53 bits per heavy atom. The van der Waals surface area contributed by atoms with E-state index in [2.05, 4.69) is 20.8 Å². The summed E-state index contributed by atoms with van der Waals surface area (Å²) in [6.45, 7) is 8.61. The third-order valence-corrected chi connectivity index (χ3v) is 2.53. The zero-order valence-electron chi connectivity index (χ0n) is 11.2. The highest BCUT2D eigenvalue weighted by Crippen LogP contribution is 2.15. The van der Waals surface area contributed by atoms with Gasteiger partial charge in [-0.1, -0.05) is 26.8 Å². The normalized spacial score (nSPS) is 22.1. The molecular weight excluding hydrogens is 218 g/mol. The second kappa shape index (κ2) is 6.17. The Kier molecular flexibility index (Phi) is 5.15. The van der Waals surface area contributed by atoms with Crippen LogP contribution in [0.25, 0.3) is 0 Å². The first kappa shape index (κ1) is 14.2. The van der Waals surface area contributed by atoms with E-state index in [9.17, 15) is 4.79 Å². The standard InChI is InChI=1S/C13H23NO3/c1-13(2,3)6-5-12(15)14-7-8-17-11(9-14)10-16-4/h5-6,11H,7-10H2,1-4H3/b6-5+. The van der Waals surface area contributed by atoms with Crippen molar-refractivity contribution in [3.05, 3.63) is 12.2 Å². The minimum atomic E-state index is 0.000682. The van der Waals surface area contributed by atoms with Gasteiger partial charge in [-0.2, -0.15) is 0 Å². The van der Waals surface area contributed by atoms with Crippen molar-refractivity contribution in [3.8, 4) is 0 Å². The summed E-state index contributed by atoms with van der Waals surface area (Å²) in [6.07, 6.45) is 3.60. The van der Waals surface area contributed by atoms with E-state index in [0.717, 1.165) is 0 Å². The molecule has 0 aliphatic carbocycles. The molecular formula is C13H23NO3. The van der Waals surface area contributed by atoms with E-state index in [1.165, 1.54) is 0 Å². The van der Waals surface area contributed by atoms with Gasteiger partial charge in [-0.25, -0.2) is 0 Å². The molecule has 0 aromatic rings. The molecule has 0 aromatic heterocycles. The van der Waals surface area contributed by atoms with Gasteiger partial charge in [0.1, 0.15) is 0 Å². The van der Waals surface area contributed by atoms with Crippen LogP contribution in [0.5, 0.6) is 0 Å². The van der Waals surface area contributed by atoms with Crippen LogP contribution in [0, 0.1) is 5.41 Å². The van der Waals surface area contributed by atoms with E-state index in [1.54, 1.807) is 13.2 Å². The summed E-state index contributed by atoms with van der Waals surface area (Å²) in [5, 5.41) is 0. The maximum absolute atomic E-state index is 11.9. The van der Waals surface area contributed by atoms with E-state index in [0.29, 0.717) is 26.3 Å². The molecule has 4 nitrogen and oxygen atoms in total. The lowest BCUT2D eigenvalue weighted by molar-refractivity contribution is -0.135. The first-order valence-corrected chi connectivity index (χ1v) is 6.01. The Morgan fingerprint density at radius 2 is 2.24 bits per heavy atom. The molecule has 1 heterocycles. The van der Waals surface area contributed by atoms with Gasteiger partial charge in [-0.3, -0.25) is 4.79 Å². The van der Waals surface area contributed by atoms with Gasteiger partial charge in [0.15, 0.2) is 0 Å². The maximum atomic E-state index is 11.9. The smallest absolute Gasteiger partial charge is 0.246 e. The largest absolute Gasteiger partial charge is 0.382 e. The summed E-state index contributed by atoms with van der Waals surface area (Å²) in [5.74, 6) is 0.0596. The van der Waals surface area contributed by atoms with Crippen molar-refractivity contribution >= 4 is 5.91 Å². The molecule has 0 bridgehead atoms. The lowest BCUT2D eigenvalue weighted by Gasteiger charge is -2.32. The number of carbonyl (C=O) groups excluding carboxylic acids is 1. The first-order chi connectivity index (χ1) is 7.92. The fraction of sp³-hybridized carbons (Fsp3) is 0.769. The van der Waals surface area contributed by atoms with Crippen molar-refractivity contribution < 1.29 is 14.3 Å². The van der Waals surface area contributed by atoms with Crippen molar-refractivity contribution in [1.82, 2.24) is 4.90 Å². The summed E-state index contributed by atoms with van der Waals surface area (Å²) in [6, 6.07) is 0. The van der Waals surface area contributed by atoms with Crippen molar-refractivity contribution in [2.75, 3.05) is 33.4 Å². The number of allylic oxidation sites excluding steroid dienone is 1. The van der Waals surface area contributed by atoms with Crippen LogP contribution in [0.2, 0.25) is 0 Å². The van der Waals surface area contributed by atoms with Crippen LogP contribution in [0.4, 0.5) is 0 Å². The Bertz CT molecular complexity index is 279. The first-order valence-electron chi connectivity index (χ1n) is 6.01. The van der Waals surface area contributed by atoms with Crippen LogP contribution in [0.3, 0.4) is 0 Å². The van der Waals surface area contributed by atoms with E-state index in [4.69, 9.17) is 9.47 Å². The second-order valence-corrected chi connectivity index (χ2v) is 5.43. The van der Waals surface area contributed by atoms with E-state index < -0.39 is 0 Å². The molecule has 1 aliphatic heterocycles. The monoisotopic (exact) mass is 241 g/mol. The summed E-state index contributed by atoms with van der Waals surface area (Å²) in [4.78, 5) is 13.8. The Hall–Kier alpha value is -0.870. The van der Waals surface area contributed by atoms with Crippen LogP contribution in [-0.4, -0.2) is 50.3 Å². The zero-order chi connectivity index (χ0) is 12.9. The number of nitrogens with zero attached hydrogens (tertiary/aromatic N) is 1. The predicted molar refractivity (Wildman–Crippen MR) is 66.8 cm³/mol. The lowest BCUT2D eigenvalue weighted by Crippen LogP contribution is -2.46. The third kappa shape index (κ3) is 5.33. The number of carbonyl (C=O) groups is 1. The third-order valence-electron chi connectivity index (χ3n) is 2.53. The Labute approximate surface area is 104 Å². The topological polar surface area (TPSA) is 38.8 Å². The van der Waals surface area contributed by atoms with Gasteiger partial charge >= 0.3 is 0 Å². The average molecular weight is 241 g/mol. The molecule has 1 atom stereocenters. The highest BCUT2D eigenvalue weighted by atomic mass is 16.5. The Morgan fingerprint density at radius 3 is 2.82 bits per heavy atom. The SMILES string of the molecule is COCC1CN(C(=O)/C=C/C(C)(C)C)CCO1. The van der Waals surface area contributed by atoms with Crippen molar-refractivity contribution in [2.24, 2.45) is 5.41 Å². The van der Waals surface area contributed by atoms with Crippen LogP contribution in [-0.2, 0) is 14.3 Å². The molecule has 1 fully saturated rings. The van der Waals surface area contributed by atoms with Gasteiger partial charge in [0, 0.05) is 20.2 Å². The maximum Gasteiger partial charge on any atom is 0.246 e. The molecule has 0 aromatic carbocycles. The van der Waals surface area contributed by atoms with Crippen molar-refractivity contribution in [2.45, 2.75) is 26.9 Å². The molecule has 1 amide bonds. The summed E-state index contributed by atoms with van der Waals surface area (Å²) < 4.78 is 10.5. The van der Waals surface area contributed by atoms with Crippen molar-refractivity contribution in [3.63, 3.8) is 0 Å². The highest BCUT2D eigenvalue weighted by molar-refractivity contribution is 5.87. The summed E-state index contributed by atoms with van der Waals surface area (Å²) in [5.41, 5.74) is 0.0356. The fourth-order valence-electron chi connectivity index (χ4n) is 1.63. The quantitative estimate of drug-likeness (QED) is 0.702. The van der Waals surface area contributed by atoms with Crippen molar-refractivity contribution in [1.29, 1.82) is 0 Å². The van der Waals surface area contributed by atoms with Gasteiger partial charge in [-0.15, -0.1) is 0 Å². The highest BCUT2D eigenvalue weighted by Gasteiger charge is 2.22. The summed E-state index contributed by atoms with van der Waals surface area (Å²) in [7, 11) is 1.64. The molecule has 1 rings (SSSR count). The summed E-state index contributed by atoms with van der Waals surface area (Å²) >= 11 is 0. The number of hydrogen-bond acceptors (Lipinski definition) is 3. The molecule has 98 valence electrons. The predicted octanol–water partition coefficient (Wildman–Crippen LogP) is 1.46. The number of amides is 1. The van der Waals surface area contributed by atoms with Gasteiger partial charge in [-0.05, 0) is 11.5 Å².